The van der Waals surface area contributed by atoms with E-state index < -0.39 is 0 Å². The van der Waals surface area contributed by atoms with Gasteiger partial charge in [0.25, 0.3) is 0 Å². The summed E-state index contributed by atoms with van der Waals surface area (Å²) in [6.07, 6.45) is 0.222. The summed E-state index contributed by atoms with van der Waals surface area (Å²) in [6.45, 7) is 6.07. The van der Waals surface area contributed by atoms with E-state index in [4.69, 9.17) is 4.74 Å². The van der Waals surface area contributed by atoms with Crippen LogP contribution < -0.4 is 0 Å². The molecule has 2 rings (SSSR count). The van der Waals surface area contributed by atoms with Crippen LogP contribution in [-0.4, -0.2) is 5.60 Å². The summed E-state index contributed by atoms with van der Waals surface area (Å²) in [5.74, 6) is 6.03. The fourth-order valence-electron chi connectivity index (χ4n) is 1.68. The van der Waals surface area contributed by atoms with Gasteiger partial charge in [-0.1, -0.05) is 24.1 Å². The summed E-state index contributed by atoms with van der Waals surface area (Å²) in [7, 11) is 0. The first kappa shape index (κ1) is 9.30. The van der Waals surface area contributed by atoms with Crippen LogP contribution in [0.5, 0.6) is 0 Å². The van der Waals surface area contributed by atoms with Gasteiger partial charge in [0, 0.05) is 5.56 Å². The van der Waals surface area contributed by atoms with E-state index in [2.05, 4.69) is 31.8 Å². The van der Waals surface area contributed by atoms with Gasteiger partial charge in [0.1, 0.15) is 6.10 Å². The molecule has 0 saturated carbocycles. The number of epoxide rings is 1. The van der Waals surface area contributed by atoms with Gasteiger partial charge in [-0.2, -0.15) is 0 Å². The molecule has 1 aromatic carbocycles. The van der Waals surface area contributed by atoms with Gasteiger partial charge in [0.15, 0.2) is 0 Å². The normalized spacial score (nSPS) is 22.4. The molecule has 0 radical (unpaired) electrons. The van der Waals surface area contributed by atoms with Crippen LogP contribution in [-0.2, 0) is 4.74 Å². The Labute approximate surface area is 85.1 Å². The van der Waals surface area contributed by atoms with E-state index in [0.717, 1.165) is 5.56 Å². The van der Waals surface area contributed by atoms with Crippen LogP contribution in [0.25, 0.3) is 0 Å². The Balaban J connectivity index is 2.37. The number of benzene rings is 1. The highest BCUT2D eigenvalue weighted by Gasteiger charge is 2.49. The monoisotopic (exact) mass is 186 g/mol. The molecule has 0 N–H and O–H groups in total. The van der Waals surface area contributed by atoms with Crippen LogP contribution in [0, 0.1) is 11.8 Å². The highest BCUT2D eigenvalue weighted by molar-refractivity contribution is 5.44. The Morgan fingerprint density at radius 1 is 1.29 bits per heavy atom. The first-order chi connectivity index (χ1) is 6.65. The van der Waals surface area contributed by atoms with Crippen molar-refractivity contribution in [1.29, 1.82) is 0 Å². The Bertz CT molecular complexity index is 407. The minimum Gasteiger partial charge on any atom is -0.362 e. The van der Waals surface area contributed by atoms with Crippen LogP contribution >= 0.6 is 0 Å². The second-order valence-corrected chi connectivity index (χ2v) is 4.06. The van der Waals surface area contributed by atoms with Crippen LogP contribution in [0.4, 0.5) is 0 Å². The molecule has 1 aliphatic rings. The van der Waals surface area contributed by atoms with Crippen LogP contribution in [0.1, 0.15) is 38.0 Å². The van der Waals surface area contributed by atoms with Gasteiger partial charge >= 0.3 is 0 Å². The lowest BCUT2D eigenvalue weighted by atomic mass is 9.98. The second kappa shape index (κ2) is 3.15. The first-order valence-electron chi connectivity index (χ1n) is 4.84. The maximum atomic E-state index is 5.61. The van der Waals surface area contributed by atoms with Gasteiger partial charge in [0.05, 0.1) is 5.60 Å². The smallest absolute Gasteiger partial charge is 0.113 e. The van der Waals surface area contributed by atoms with Crippen molar-refractivity contribution in [3.63, 3.8) is 0 Å². The van der Waals surface area contributed by atoms with Crippen molar-refractivity contribution in [2.24, 2.45) is 0 Å². The van der Waals surface area contributed by atoms with E-state index in [-0.39, 0.29) is 11.7 Å². The second-order valence-electron chi connectivity index (χ2n) is 4.06. The Hall–Kier alpha value is -1.26. The minimum atomic E-state index is -0.00841. The predicted octanol–water partition coefficient (Wildman–Crippen LogP) is 2.91. The molecule has 0 aliphatic carbocycles. The third-order valence-electron chi connectivity index (χ3n) is 2.50. The van der Waals surface area contributed by atoms with Crippen molar-refractivity contribution < 1.29 is 4.74 Å². The summed E-state index contributed by atoms with van der Waals surface area (Å²) in [5, 5.41) is 0. The molecular formula is C13H14O. The van der Waals surface area contributed by atoms with Gasteiger partial charge in [0.2, 0.25) is 0 Å². The van der Waals surface area contributed by atoms with Crippen molar-refractivity contribution in [2.75, 3.05) is 0 Å². The summed E-state index contributed by atoms with van der Waals surface area (Å²) in [5.41, 5.74) is 2.29. The molecule has 1 heteroatoms. The molecule has 0 aromatic heterocycles. The SMILES string of the molecule is CC#Cc1ccccc1C1OC1(C)C. The standard InChI is InChI=1S/C13H14O/c1-4-7-10-8-5-6-9-11(10)12-13(2,3)14-12/h5-6,8-9,12H,1-3H3. The fourth-order valence-corrected chi connectivity index (χ4v) is 1.68. The molecule has 1 atom stereocenters. The largest absolute Gasteiger partial charge is 0.362 e. The molecule has 1 aliphatic heterocycles. The van der Waals surface area contributed by atoms with E-state index in [1.807, 2.05) is 25.1 Å². The number of rotatable bonds is 1. The lowest BCUT2D eigenvalue weighted by Gasteiger charge is -2.01. The third kappa shape index (κ3) is 1.54. The van der Waals surface area contributed by atoms with Gasteiger partial charge in [-0.05, 0) is 32.4 Å². The number of hydrogen-bond acceptors (Lipinski definition) is 1. The lowest BCUT2D eigenvalue weighted by Crippen LogP contribution is -1.99. The minimum absolute atomic E-state index is 0.00841. The number of ether oxygens (including phenoxy) is 1. The lowest BCUT2D eigenvalue weighted by molar-refractivity contribution is 0.325. The van der Waals surface area contributed by atoms with Crippen LogP contribution in [0.3, 0.4) is 0 Å². The van der Waals surface area contributed by atoms with E-state index in [1.165, 1.54) is 5.56 Å². The molecule has 72 valence electrons. The molecule has 14 heavy (non-hydrogen) atoms. The first-order valence-corrected chi connectivity index (χ1v) is 4.84. The van der Waals surface area contributed by atoms with E-state index in [0.29, 0.717) is 0 Å². The molecule has 1 saturated heterocycles. The summed E-state index contributed by atoms with van der Waals surface area (Å²) in [6, 6.07) is 8.19. The molecule has 0 bridgehead atoms. The summed E-state index contributed by atoms with van der Waals surface area (Å²) in [4.78, 5) is 0. The van der Waals surface area contributed by atoms with E-state index >= 15 is 0 Å². The molecule has 1 aromatic rings. The summed E-state index contributed by atoms with van der Waals surface area (Å²) >= 11 is 0. The molecular weight excluding hydrogens is 172 g/mol. The average Bonchev–Trinajstić information content (AvgIpc) is 2.77. The molecule has 0 spiro atoms. The maximum Gasteiger partial charge on any atom is 0.113 e. The predicted molar refractivity (Wildman–Crippen MR) is 56.9 cm³/mol. The average molecular weight is 186 g/mol. The molecule has 1 heterocycles. The zero-order chi connectivity index (χ0) is 10.2. The van der Waals surface area contributed by atoms with Crippen molar-refractivity contribution in [3.8, 4) is 11.8 Å². The van der Waals surface area contributed by atoms with Crippen molar-refractivity contribution in [2.45, 2.75) is 32.5 Å². The highest BCUT2D eigenvalue weighted by atomic mass is 16.6. The van der Waals surface area contributed by atoms with E-state index in [1.54, 1.807) is 0 Å². The Morgan fingerprint density at radius 3 is 2.50 bits per heavy atom. The molecule has 1 unspecified atom stereocenters. The Kier molecular flexibility index (Phi) is 2.09. The fraction of sp³-hybridized carbons (Fsp3) is 0.385. The van der Waals surface area contributed by atoms with E-state index in [9.17, 15) is 0 Å². The van der Waals surface area contributed by atoms with Crippen LogP contribution in [0.2, 0.25) is 0 Å². The van der Waals surface area contributed by atoms with Crippen molar-refractivity contribution >= 4 is 0 Å². The van der Waals surface area contributed by atoms with Gasteiger partial charge in [-0.3, -0.25) is 0 Å². The topological polar surface area (TPSA) is 12.5 Å². The maximum absolute atomic E-state index is 5.61. The zero-order valence-corrected chi connectivity index (χ0v) is 8.79. The molecule has 0 amide bonds. The molecule has 1 fully saturated rings. The Morgan fingerprint density at radius 2 is 1.93 bits per heavy atom. The molecule has 1 nitrogen and oxygen atoms in total. The van der Waals surface area contributed by atoms with Crippen molar-refractivity contribution in [1.82, 2.24) is 0 Å². The zero-order valence-electron chi connectivity index (χ0n) is 8.79. The summed E-state index contributed by atoms with van der Waals surface area (Å²) < 4.78 is 5.61. The van der Waals surface area contributed by atoms with Crippen molar-refractivity contribution in [3.05, 3.63) is 35.4 Å². The van der Waals surface area contributed by atoms with Gasteiger partial charge < -0.3 is 4.74 Å². The van der Waals surface area contributed by atoms with Crippen LogP contribution in [0.15, 0.2) is 24.3 Å². The van der Waals surface area contributed by atoms with Gasteiger partial charge in [-0.25, -0.2) is 0 Å². The highest BCUT2D eigenvalue weighted by Crippen LogP contribution is 2.49. The third-order valence-corrected chi connectivity index (χ3v) is 2.50. The number of hydrogen-bond donors (Lipinski definition) is 0. The van der Waals surface area contributed by atoms with Gasteiger partial charge in [-0.15, -0.1) is 5.92 Å². The quantitative estimate of drug-likeness (QED) is 0.485.